The van der Waals surface area contributed by atoms with E-state index in [4.69, 9.17) is 5.73 Å². The number of primary amides is 1. The van der Waals surface area contributed by atoms with Crippen LogP contribution >= 0.6 is 0 Å². The molecule has 0 radical (unpaired) electrons. The van der Waals surface area contributed by atoms with E-state index in [0.717, 1.165) is 18.5 Å². The van der Waals surface area contributed by atoms with Crippen molar-refractivity contribution in [3.63, 3.8) is 0 Å². The maximum Gasteiger partial charge on any atom is 0.236 e. The molecule has 19 heavy (non-hydrogen) atoms. The minimum absolute atomic E-state index is 0.275. The molecule has 4 heteroatoms. The van der Waals surface area contributed by atoms with Crippen molar-refractivity contribution in [2.75, 3.05) is 18.5 Å². The van der Waals surface area contributed by atoms with E-state index in [2.05, 4.69) is 42.3 Å². The van der Waals surface area contributed by atoms with Crippen molar-refractivity contribution >= 4 is 11.6 Å². The number of anilines is 1. The second-order valence-electron chi connectivity index (χ2n) is 5.62. The van der Waals surface area contributed by atoms with E-state index < -0.39 is 0 Å². The first kappa shape index (κ1) is 13.9. The second-order valence-corrected chi connectivity index (χ2v) is 5.62. The molecule has 0 bridgehead atoms. The summed E-state index contributed by atoms with van der Waals surface area (Å²) in [6.07, 6.45) is 2.30. The number of nitrogens with zero attached hydrogens (tertiary/aromatic N) is 1. The molecule has 1 aromatic rings. The Labute approximate surface area is 115 Å². The summed E-state index contributed by atoms with van der Waals surface area (Å²) in [7, 11) is 2.00. The van der Waals surface area contributed by atoms with Gasteiger partial charge in [-0.1, -0.05) is 6.07 Å². The molecule has 0 aromatic heterocycles. The molecule has 3 N–H and O–H groups in total. The monoisotopic (exact) mass is 261 g/mol. The molecule has 0 spiro atoms. The van der Waals surface area contributed by atoms with Crippen LogP contribution < -0.4 is 16.0 Å². The molecular formula is C15H23N3O. The SMILES string of the molecule is Cc1cc(C)cc(N(C)CC(NC2CC2)C(N)=O)c1. The molecule has 1 atom stereocenters. The lowest BCUT2D eigenvalue weighted by Gasteiger charge is -2.25. The molecule has 0 heterocycles. The number of aryl methyl sites for hydroxylation is 2. The van der Waals surface area contributed by atoms with E-state index >= 15 is 0 Å². The van der Waals surface area contributed by atoms with Crippen molar-refractivity contribution in [2.45, 2.75) is 38.8 Å². The molecule has 0 aliphatic heterocycles. The number of hydrogen-bond acceptors (Lipinski definition) is 3. The molecule has 1 unspecified atom stereocenters. The zero-order valence-electron chi connectivity index (χ0n) is 11.9. The van der Waals surface area contributed by atoms with Crippen molar-refractivity contribution in [1.29, 1.82) is 0 Å². The van der Waals surface area contributed by atoms with Crippen LogP contribution in [0.3, 0.4) is 0 Å². The number of nitrogens with two attached hydrogens (primary N) is 1. The number of hydrogen-bond donors (Lipinski definition) is 2. The smallest absolute Gasteiger partial charge is 0.236 e. The molecule has 1 amide bonds. The Hall–Kier alpha value is -1.55. The van der Waals surface area contributed by atoms with Crippen molar-refractivity contribution in [3.05, 3.63) is 29.3 Å². The van der Waals surface area contributed by atoms with Crippen molar-refractivity contribution < 1.29 is 4.79 Å². The topological polar surface area (TPSA) is 58.4 Å². The van der Waals surface area contributed by atoms with Crippen LogP contribution in [0.4, 0.5) is 5.69 Å². The summed E-state index contributed by atoms with van der Waals surface area (Å²) in [6, 6.07) is 6.60. The fourth-order valence-corrected chi connectivity index (χ4v) is 2.31. The Morgan fingerprint density at radius 2 is 1.95 bits per heavy atom. The largest absolute Gasteiger partial charge is 0.372 e. The second kappa shape index (κ2) is 5.61. The van der Waals surface area contributed by atoms with Gasteiger partial charge in [-0.05, 0) is 49.9 Å². The molecule has 1 aliphatic rings. The third kappa shape index (κ3) is 3.96. The third-order valence-corrected chi connectivity index (χ3v) is 3.46. The van der Waals surface area contributed by atoms with Crippen molar-refractivity contribution in [1.82, 2.24) is 5.32 Å². The molecule has 1 saturated carbocycles. The van der Waals surface area contributed by atoms with Crippen LogP contribution in [0.1, 0.15) is 24.0 Å². The quantitative estimate of drug-likeness (QED) is 0.812. The lowest BCUT2D eigenvalue weighted by atomic mass is 10.1. The van der Waals surface area contributed by atoms with E-state index in [1.165, 1.54) is 11.1 Å². The van der Waals surface area contributed by atoms with E-state index in [-0.39, 0.29) is 11.9 Å². The van der Waals surface area contributed by atoms with Crippen molar-refractivity contribution in [2.24, 2.45) is 5.73 Å². The van der Waals surface area contributed by atoms with Gasteiger partial charge in [0.2, 0.25) is 5.91 Å². The van der Waals surface area contributed by atoms with Gasteiger partial charge in [-0.2, -0.15) is 0 Å². The van der Waals surface area contributed by atoms with Gasteiger partial charge >= 0.3 is 0 Å². The highest BCUT2D eigenvalue weighted by molar-refractivity contribution is 5.80. The summed E-state index contributed by atoms with van der Waals surface area (Å²) in [5, 5.41) is 3.30. The Morgan fingerprint density at radius 1 is 1.37 bits per heavy atom. The first-order valence-corrected chi connectivity index (χ1v) is 6.80. The Balaban J connectivity index is 2.04. The summed E-state index contributed by atoms with van der Waals surface area (Å²) < 4.78 is 0. The molecular weight excluding hydrogens is 238 g/mol. The fourth-order valence-electron chi connectivity index (χ4n) is 2.31. The highest BCUT2D eigenvalue weighted by atomic mass is 16.1. The number of rotatable bonds is 6. The van der Waals surface area contributed by atoms with Crippen molar-refractivity contribution in [3.8, 4) is 0 Å². The van der Waals surface area contributed by atoms with Gasteiger partial charge in [0, 0.05) is 25.3 Å². The standard InChI is InChI=1S/C15H23N3O/c1-10-6-11(2)8-13(7-10)18(3)9-14(15(16)19)17-12-4-5-12/h6-8,12,14,17H,4-5,9H2,1-3H3,(H2,16,19). The summed E-state index contributed by atoms with van der Waals surface area (Å²) in [5.41, 5.74) is 9.06. The predicted molar refractivity (Wildman–Crippen MR) is 78.3 cm³/mol. The van der Waals surface area contributed by atoms with Crippen LogP contribution in [0.15, 0.2) is 18.2 Å². The van der Waals surface area contributed by atoms with Crippen LogP contribution in [0.2, 0.25) is 0 Å². The number of likely N-dealkylation sites (N-methyl/N-ethyl adjacent to an activating group) is 1. The van der Waals surface area contributed by atoms with E-state index in [9.17, 15) is 4.79 Å². The predicted octanol–water partition coefficient (Wildman–Crippen LogP) is 1.35. The number of benzene rings is 1. The van der Waals surface area contributed by atoms with Gasteiger partial charge in [0.25, 0.3) is 0 Å². The molecule has 1 aromatic carbocycles. The van der Waals surface area contributed by atoms with Gasteiger partial charge in [-0.3, -0.25) is 4.79 Å². The fraction of sp³-hybridized carbons (Fsp3) is 0.533. The molecule has 104 valence electrons. The number of amides is 1. The molecule has 2 rings (SSSR count). The van der Waals surface area contributed by atoms with Gasteiger partial charge < -0.3 is 16.0 Å². The molecule has 4 nitrogen and oxygen atoms in total. The van der Waals surface area contributed by atoms with Gasteiger partial charge in [-0.15, -0.1) is 0 Å². The van der Waals surface area contributed by atoms with Crippen LogP contribution in [0, 0.1) is 13.8 Å². The highest BCUT2D eigenvalue weighted by Gasteiger charge is 2.28. The maximum absolute atomic E-state index is 11.5. The zero-order valence-corrected chi connectivity index (χ0v) is 11.9. The minimum Gasteiger partial charge on any atom is -0.372 e. The van der Waals surface area contributed by atoms with Crippen LogP contribution in [-0.4, -0.2) is 31.6 Å². The first-order chi connectivity index (χ1) is 8.95. The van der Waals surface area contributed by atoms with Gasteiger partial charge in [0.1, 0.15) is 6.04 Å². The molecule has 1 aliphatic carbocycles. The van der Waals surface area contributed by atoms with Gasteiger partial charge in [-0.25, -0.2) is 0 Å². The maximum atomic E-state index is 11.5. The third-order valence-electron chi connectivity index (χ3n) is 3.46. The van der Waals surface area contributed by atoms with Crippen LogP contribution in [0.5, 0.6) is 0 Å². The minimum atomic E-state index is -0.279. The Morgan fingerprint density at radius 3 is 2.42 bits per heavy atom. The number of carbonyl (C=O) groups excluding carboxylic acids is 1. The van der Waals surface area contributed by atoms with E-state index in [1.807, 2.05) is 7.05 Å². The lowest BCUT2D eigenvalue weighted by Crippen LogP contribution is -2.49. The Bertz CT molecular complexity index is 448. The van der Waals surface area contributed by atoms with Crippen LogP contribution in [0.25, 0.3) is 0 Å². The lowest BCUT2D eigenvalue weighted by molar-refractivity contribution is -0.119. The summed E-state index contributed by atoms with van der Waals surface area (Å²) >= 11 is 0. The summed E-state index contributed by atoms with van der Waals surface area (Å²) in [6.45, 7) is 4.77. The number of carbonyl (C=O) groups is 1. The summed E-state index contributed by atoms with van der Waals surface area (Å²) in [5.74, 6) is -0.275. The van der Waals surface area contributed by atoms with Gasteiger partial charge in [0.05, 0.1) is 0 Å². The van der Waals surface area contributed by atoms with Gasteiger partial charge in [0.15, 0.2) is 0 Å². The zero-order chi connectivity index (χ0) is 14.0. The first-order valence-electron chi connectivity index (χ1n) is 6.80. The summed E-state index contributed by atoms with van der Waals surface area (Å²) in [4.78, 5) is 13.6. The average Bonchev–Trinajstić information content (AvgIpc) is 3.10. The molecule has 0 saturated heterocycles. The molecule has 1 fully saturated rings. The van der Waals surface area contributed by atoms with E-state index in [0.29, 0.717) is 12.6 Å². The number of nitrogens with one attached hydrogen (secondary N) is 1. The Kier molecular flexibility index (Phi) is 4.10. The van der Waals surface area contributed by atoms with Crippen LogP contribution in [-0.2, 0) is 4.79 Å². The highest BCUT2D eigenvalue weighted by Crippen LogP contribution is 2.21. The van der Waals surface area contributed by atoms with E-state index in [1.54, 1.807) is 0 Å². The average molecular weight is 261 g/mol. The normalized spacial score (nSPS) is 16.2.